The molecule has 0 aliphatic carbocycles. The number of halogens is 1. The largest absolute Gasteiger partial charge is 0.481 e. The third-order valence-electron chi connectivity index (χ3n) is 3.40. The second-order valence-electron chi connectivity index (χ2n) is 4.59. The highest BCUT2D eigenvalue weighted by Crippen LogP contribution is 2.33. The number of carbonyl (C=O) groups is 2. The van der Waals surface area contributed by atoms with Crippen LogP contribution < -0.4 is 4.90 Å². The van der Waals surface area contributed by atoms with E-state index in [4.69, 9.17) is 16.7 Å². The second-order valence-corrected chi connectivity index (χ2v) is 4.99. The molecule has 1 heterocycles. The average molecular weight is 268 g/mol. The van der Waals surface area contributed by atoms with Crippen molar-refractivity contribution < 1.29 is 14.7 Å². The van der Waals surface area contributed by atoms with E-state index in [0.29, 0.717) is 10.7 Å². The summed E-state index contributed by atoms with van der Waals surface area (Å²) in [7, 11) is 0. The quantitative estimate of drug-likeness (QED) is 0.896. The fourth-order valence-electron chi connectivity index (χ4n) is 2.27. The first kappa shape index (κ1) is 12.9. The van der Waals surface area contributed by atoms with Crippen LogP contribution in [0, 0.1) is 12.8 Å². The van der Waals surface area contributed by atoms with Crippen molar-refractivity contribution in [1.82, 2.24) is 0 Å². The maximum absolute atomic E-state index is 11.9. The van der Waals surface area contributed by atoms with E-state index in [1.807, 2.05) is 13.0 Å². The van der Waals surface area contributed by atoms with Crippen LogP contribution >= 0.6 is 11.6 Å². The van der Waals surface area contributed by atoms with Gasteiger partial charge in [0.05, 0.1) is 5.92 Å². The number of amides is 1. The molecular formula is C13H14ClNO3. The number of benzene rings is 1. The Morgan fingerprint density at radius 3 is 2.67 bits per heavy atom. The topological polar surface area (TPSA) is 57.6 Å². The van der Waals surface area contributed by atoms with Crippen molar-refractivity contribution in [2.45, 2.75) is 26.3 Å². The van der Waals surface area contributed by atoms with E-state index in [2.05, 4.69) is 0 Å². The Balaban J connectivity index is 2.35. The van der Waals surface area contributed by atoms with E-state index >= 15 is 0 Å². The zero-order chi connectivity index (χ0) is 13.4. The van der Waals surface area contributed by atoms with E-state index in [-0.39, 0.29) is 18.4 Å². The van der Waals surface area contributed by atoms with Crippen LogP contribution in [0.5, 0.6) is 0 Å². The van der Waals surface area contributed by atoms with Crippen LogP contribution in [0.15, 0.2) is 18.2 Å². The summed E-state index contributed by atoms with van der Waals surface area (Å²) in [6.07, 6.45) is 0.0436. The third kappa shape index (κ3) is 2.08. The molecule has 2 unspecified atom stereocenters. The second kappa shape index (κ2) is 4.61. The SMILES string of the molecule is Cc1ccc(N2C(=O)CC(C(=O)O)C2C)cc1Cl. The normalized spacial score (nSPS) is 23.5. The Kier molecular flexibility index (Phi) is 3.30. The van der Waals surface area contributed by atoms with E-state index in [1.165, 1.54) is 4.90 Å². The number of carboxylic acids is 1. The summed E-state index contributed by atoms with van der Waals surface area (Å²) < 4.78 is 0. The first-order valence-electron chi connectivity index (χ1n) is 5.73. The molecule has 4 nitrogen and oxygen atoms in total. The van der Waals surface area contributed by atoms with Gasteiger partial charge < -0.3 is 10.0 Å². The molecule has 0 aromatic heterocycles. The summed E-state index contributed by atoms with van der Waals surface area (Å²) in [5.74, 6) is -1.76. The number of anilines is 1. The van der Waals surface area contributed by atoms with Crippen LogP contribution in [0.4, 0.5) is 5.69 Å². The third-order valence-corrected chi connectivity index (χ3v) is 3.81. The summed E-state index contributed by atoms with van der Waals surface area (Å²) in [4.78, 5) is 24.5. The minimum Gasteiger partial charge on any atom is -0.481 e. The zero-order valence-corrected chi connectivity index (χ0v) is 10.9. The van der Waals surface area contributed by atoms with Crippen molar-refractivity contribution in [3.63, 3.8) is 0 Å². The molecule has 18 heavy (non-hydrogen) atoms. The van der Waals surface area contributed by atoms with E-state index in [0.717, 1.165) is 5.56 Å². The van der Waals surface area contributed by atoms with Crippen LogP contribution in [-0.4, -0.2) is 23.0 Å². The fourth-order valence-corrected chi connectivity index (χ4v) is 2.44. The highest BCUT2D eigenvalue weighted by atomic mass is 35.5. The monoisotopic (exact) mass is 267 g/mol. The van der Waals surface area contributed by atoms with Crippen LogP contribution in [-0.2, 0) is 9.59 Å². The number of nitrogens with zero attached hydrogens (tertiary/aromatic N) is 1. The number of aliphatic carboxylic acids is 1. The van der Waals surface area contributed by atoms with Crippen molar-refractivity contribution in [2.24, 2.45) is 5.92 Å². The zero-order valence-electron chi connectivity index (χ0n) is 10.2. The molecular weight excluding hydrogens is 254 g/mol. The van der Waals surface area contributed by atoms with Gasteiger partial charge in [-0.3, -0.25) is 9.59 Å². The van der Waals surface area contributed by atoms with Crippen molar-refractivity contribution in [3.05, 3.63) is 28.8 Å². The van der Waals surface area contributed by atoms with E-state index in [1.54, 1.807) is 19.1 Å². The number of carbonyl (C=O) groups excluding carboxylic acids is 1. The van der Waals surface area contributed by atoms with Gasteiger partial charge in [0.25, 0.3) is 0 Å². The summed E-state index contributed by atoms with van der Waals surface area (Å²) in [5.41, 5.74) is 1.58. The standard InChI is InChI=1S/C13H14ClNO3/c1-7-3-4-9(5-11(7)14)15-8(2)10(13(17)18)6-12(15)16/h3-5,8,10H,6H2,1-2H3,(H,17,18). The molecule has 2 rings (SSSR count). The summed E-state index contributed by atoms with van der Waals surface area (Å²) in [6.45, 7) is 3.62. The number of carboxylic acid groups (broad SMARTS) is 1. The first-order chi connectivity index (χ1) is 8.41. The molecule has 0 spiro atoms. The van der Waals surface area contributed by atoms with Gasteiger partial charge in [-0.2, -0.15) is 0 Å². The van der Waals surface area contributed by atoms with Gasteiger partial charge in [0.1, 0.15) is 0 Å². The maximum Gasteiger partial charge on any atom is 0.309 e. The highest BCUT2D eigenvalue weighted by Gasteiger charge is 2.41. The lowest BCUT2D eigenvalue weighted by molar-refractivity contribution is -0.142. The molecule has 1 aromatic carbocycles. The summed E-state index contributed by atoms with van der Waals surface area (Å²) in [6, 6.07) is 4.97. The fraction of sp³-hybridized carbons (Fsp3) is 0.385. The van der Waals surface area contributed by atoms with Crippen LogP contribution in [0.2, 0.25) is 5.02 Å². The number of rotatable bonds is 2. The van der Waals surface area contributed by atoms with Gasteiger partial charge in [0.2, 0.25) is 5.91 Å². The van der Waals surface area contributed by atoms with Crippen molar-refractivity contribution in [2.75, 3.05) is 4.90 Å². The van der Waals surface area contributed by atoms with Gasteiger partial charge in [0, 0.05) is 23.2 Å². The Morgan fingerprint density at radius 2 is 2.17 bits per heavy atom. The minimum atomic E-state index is -0.934. The minimum absolute atomic E-state index is 0.0436. The summed E-state index contributed by atoms with van der Waals surface area (Å²) in [5, 5.41) is 9.64. The number of hydrogen-bond acceptors (Lipinski definition) is 2. The molecule has 1 N–H and O–H groups in total. The molecule has 1 saturated heterocycles. The van der Waals surface area contributed by atoms with E-state index < -0.39 is 11.9 Å². The van der Waals surface area contributed by atoms with Crippen molar-refractivity contribution in [3.8, 4) is 0 Å². The molecule has 2 atom stereocenters. The number of hydrogen-bond donors (Lipinski definition) is 1. The van der Waals surface area contributed by atoms with Crippen LogP contribution in [0.1, 0.15) is 18.9 Å². The Morgan fingerprint density at radius 1 is 1.50 bits per heavy atom. The van der Waals surface area contributed by atoms with Gasteiger partial charge >= 0.3 is 5.97 Å². The molecule has 1 aliphatic rings. The molecule has 1 amide bonds. The maximum atomic E-state index is 11.9. The van der Waals surface area contributed by atoms with Crippen LogP contribution in [0.25, 0.3) is 0 Å². The lowest BCUT2D eigenvalue weighted by Gasteiger charge is -2.23. The first-order valence-corrected chi connectivity index (χ1v) is 6.10. The molecule has 0 radical (unpaired) electrons. The highest BCUT2D eigenvalue weighted by molar-refractivity contribution is 6.31. The smallest absolute Gasteiger partial charge is 0.309 e. The predicted molar refractivity (Wildman–Crippen MR) is 68.9 cm³/mol. The summed E-state index contributed by atoms with van der Waals surface area (Å²) >= 11 is 6.03. The molecule has 0 saturated carbocycles. The molecule has 1 aliphatic heterocycles. The lowest BCUT2D eigenvalue weighted by atomic mass is 10.0. The molecule has 5 heteroatoms. The molecule has 1 aromatic rings. The average Bonchev–Trinajstić information content (AvgIpc) is 2.59. The van der Waals surface area contributed by atoms with Gasteiger partial charge in [-0.1, -0.05) is 17.7 Å². The molecule has 1 fully saturated rings. The molecule has 96 valence electrons. The van der Waals surface area contributed by atoms with Crippen LogP contribution in [0.3, 0.4) is 0 Å². The Hall–Kier alpha value is -1.55. The van der Waals surface area contributed by atoms with Gasteiger partial charge in [-0.05, 0) is 31.5 Å². The van der Waals surface area contributed by atoms with Crippen molar-refractivity contribution in [1.29, 1.82) is 0 Å². The predicted octanol–water partition coefficient (Wildman–Crippen LogP) is 2.47. The van der Waals surface area contributed by atoms with Gasteiger partial charge in [-0.25, -0.2) is 0 Å². The number of aryl methyl sites for hydroxylation is 1. The van der Waals surface area contributed by atoms with Crippen molar-refractivity contribution >= 4 is 29.2 Å². The van der Waals surface area contributed by atoms with Gasteiger partial charge in [0.15, 0.2) is 0 Å². The van der Waals surface area contributed by atoms with Gasteiger partial charge in [-0.15, -0.1) is 0 Å². The Bertz CT molecular complexity index is 515. The van der Waals surface area contributed by atoms with E-state index in [9.17, 15) is 9.59 Å². The Labute approximate surface area is 110 Å². The lowest BCUT2D eigenvalue weighted by Crippen LogP contribution is -2.34. The molecule has 0 bridgehead atoms.